The number of nitrogens with zero attached hydrogens (tertiary/aromatic N) is 1. The molecule has 1 heterocycles. The standard InChI is InChI=1S/C24H33N3O5.HI/c1-7-25-24(26-13-16-9-21(29-4)23(31-6)22(10-16)30-5)27-14-18-12-20-17(8-15(2)32-20)11-19(18)28-3;/h9-12,15H,7-8,13-14H2,1-6H3,(H2,25,26,27);1H. The van der Waals surface area contributed by atoms with Crippen LogP contribution < -0.4 is 34.3 Å². The Kier molecular flexibility index (Phi) is 10.2. The third-order valence-electron chi connectivity index (χ3n) is 5.23. The Labute approximate surface area is 213 Å². The van der Waals surface area contributed by atoms with Crippen LogP contribution in [0.1, 0.15) is 30.5 Å². The summed E-state index contributed by atoms with van der Waals surface area (Å²) in [7, 11) is 6.48. The van der Waals surface area contributed by atoms with Gasteiger partial charge in [0.05, 0.1) is 35.0 Å². The average Bonchev–Trinajstić information content (AvgIpc) is 3.17. The molecule has 0 amide bonds. The second-order valence-electron chi connectivity index (χ2n) is 7.49. The van der Waals surface area contributed by atoms with Gasteiger partial charge < -0.3 is 34.3 Å². The van der Waals surface area contributed by atoms with Crippen molar-refractivity contribution in [3.05, 3.63) is 41.0 Å². The summed E-state index contributed by atoms with van der Waals surface area (Å²) in [6.45, 7) is 5.83. The molecule has 1 aliphatic rings. The minimum Gasteiger partial charge on any atom is -0.496 e. The van der Waals surface area contributed by atoms with Gasteiger partial charge in [-0.2, -0.15) is 0 Å². The SMILES string of the molecule is CCNC(=NCc1cc(OC)c(OC)c(OC)c1)NCc1cc2c(cc1OC)CC(C)O2.I. The molecule has 1 aliphatic heterocycles. The molecule has 33 heavy (non-hydrogen) atoms. The first-order valence-electron chi connectivity index (χ1n) is 10.7. The van der Waals surface area contributed by atoms with Gasteiger partial charge in [-0.25, -0.2) is 4.99 Å². The van der Waals surface area contributed by atoms with Gasteiger partial charge >= 0.3 is 0 Å². The molecular weight excluding hydrogens is 537 g/mol. The maximum Gasteiger partial charge on any atom is 0.203 e. The Morgan fingerprint density at radius 1 is 0.970 bits per heavy atom. The molecule has 2 aromatic rings. The van der Waals surface area contributed by atoms with Gasteiger partial charge in [0, 0.05) is 30.6 Å². The van der Waals surface area contributed by atoms with Gasteiger partial charge in [-0.15, -0.1) is 24.0 Å². The quantitative estimate of drug-likeness (QED) is 0.268. The molecule has 2 aromatic carbocycles. The third kappa shape index (κ3) is 6.49. The summed E-state index contributed by atoms with van der Waals surface area (Å²) >= 11 is 0. The Morgan fingerprint density at radius 3 is 2.21 bits per heavy atom. The number of rotatable bonds is 9. The van der Waals surface area contributed by atoms with E-state index in [1.807, 2.05) is 25.1 Å². The molecule has 2 N–H and O–H groups in total. The number of nitrogens with one attached hydrogen (secondary N) is 2. The summed E-state index contributed by atoms with van der Waals surface area (Å²) in [6.07, 6.45) is 1.09. The summed E-state index contributed by atoms with van der Waals surface area (Å²) in [6, 6.07) is 7.91. The fraction of sp³-hybridized carbons (Fsp3) is 0.458. The monoisotopic (exact) mass is 571 g/mol. The number of guanidine groups is 1. The summed E-state index contributed by atoms with van der Waals surface area (Å²) in [4.78, 5) is 4.72. The fourth-order valence-corrected chi connectivity index (χ4v) is 3.73. The second kappa shape index (κ2) is 12.6. The zero-order valence-corrected chi connectivity index (χ0v) is 22.4. The number of benzene rings is 2. The maximum absolute atomic E-state index is 5.91. The first-order chi connectivity index (χ1) is 15.5. The Bertz CT molecular complexity index is 942. The van der Waals surface area contributed by atoms with Gasteiger partial charge in [-0.1, -0.05) is 0 Å². The van der Waals surface area contributed by atoms with Crippen molar-refractivity contribution in [2.75, 3.05) is 35.0 Å². The van der Waals surface area contributed by atoms with Crippen LogP contribution in [-0.2, 0) is 19.5 Å². The lowest BCUT2D eigenvalue weighted by atomic mass is 10.1. The predicted octanol–water partition coefficient (Wildman–Crippen LogP) is 3.92. The van der Waals surface area contributed by atoms with E-state index in [2.05, 4.69) is 23.6 Å². The van der Waals surface area contributed by atoms with Gasteiger partial charge in [0.25, 0.3) is 0 Å². The van der Waals surface area contributed by atoms with Crippen LogP contribution >= 0.6 is 24.0 Å². The van der Waals surface area contributed by atoms with Crippen molar-refractivity contribution < 1.29 is 23.7 Å². The van der Waals surface area contributed by atoms with Crippen LogP contribution in [0.25, 0.3) is 0 Å². The molecule has 8 nitrogen and oxygen atoms in total. The molecule has 182 valence electrons. The smallest absolute Gasteiger partial charge is 0.203 e. The topological polar surface area (TPSA) is 82.6 Å². The Balaban J connectivity index is 0.00000385. The molecular formula is C24H34IN3O5. The third-order valence-corrected chi connectivity index (χ3v) is 5.23. The first-order valence-corrected chi connectivity index (χ1v) is 10.7. The lowest BCUT2D eigenvalue weighted by molar-refractivity contribution is 0.254. The van der Waals surface area contributed by atoms with Crippen molar-refractivity contribution in [2.45, 2.75) is 39.5 Å². The van der Waals surface area contributed by atoms with Crippen LogP contribution in [-0.4, -0.2) is 47.0 Å². The number of hydrogen-bond donors (Lipinski definition) is 2. The number of halogens is 1. The highest BCUT2D eigenvalue weighted by atomic mass is 127. The first kappa shape index (κ1) is 26.7. The van der Waals surface area contributed by atoms with E-state index in [0.717, 1.165) is 35.6 Å². The van der Waals surface area contributed by atoms with E-state index >= 15 is 0 Å². The molecule has 0 aliphatic carbocycles. The summed E-state index contributed by atoms with van der Waals surface area (Å²) < 4.78 is 27.8. The number of ether oxygens (including phenoxy) is 5. The van der Waals surface area contributed by atoms with E-state index in [-0.39, 0.29) is 30.1 Å². The number of hydrogen-bond acceptors (Lipinski definition) is 6. The van der Waals surface area contributed by atoms with Crippen LogP contribution in [0.4, 0.5) is 0 Å². The minimum absolute atomic E-state index is 0. The maximum atomic E-state index is 5.91. The van der Waals surface area contributed by atoms with Crippen molar-refractivity contribution >= 4 is 29.9 Å². The predicted molar refractivity (Wildman–Crippen MR) is 140 cm³/mol. The molecule has 0 saturated heterocycles. The van der Waals surface area contributed by atoms with Crippen LogP contribution in [0.15, 0.2) is 29.3 Å². The molecule has 1 atom stereocenters. The Morgan fingerprint density at radius 2 is 1.64 bits per heavy atom. The number of fused-ring (bicyclic) bond motifs is 1. The zero-order chi connectivity index (χ0) is 23.1. The lowest BCUT2D eigenvalue weighted by Crippen LogP contribution is -2.36. The minimum atomic E-state index is 0. The number of methoxy groups -OCH3 is 4. The van der Waals surface area contributed by atoms with E-state index in [0.29, 0.717) is 36.3 Å². The highest BCUT2D eigenvalue weighted by Crippen LogP contribution is 2.38. The van der Waals surface area contributed by atoms with Gasteiger partial charge in [0.2, 0.25) is 5.75 Å². The van der Waals surface area contributed by atoms with E-state index in [1.165, 1.54) is 5.56 Å². The molecule has 0 saturated carbocycles. The van der Waals surface area contributed by atoms with Crippen LogP contribution in [0.5, 0.6) is 28.7 Å². The van der Waals surface area contributed by atoms with Crippen LogP contribution in [0.2, 0.25) is 0 Å². The van der Waals surface area contributed by atoms with E-state index in [4.69, 9.17) is 28.7 Å². The fourth-order valence-electron chi connectivity index (χ4n) is 3.73. The summed E-state index contributed by atoms with van der Waals surface area (Å²) in [5.74, 6) is 4.23. The van der Waals surface area contributed by atoms with Crippen LogP contribution in [0.3, 0.4) is 0 Å². The van der Waals surface area contributed by atoms with Gasteiger partial charge in [-0.3, -0.25) is 0 Å². The van der Waals surface area contributed by atoms with Crippen molar-refractivity contribution in [3.63, 3.8) is 0 Å². The van der Waals surface area contributed by atoms with Gasteiger partial charge in [-0.05, 0) is 43.7 Å². The highest BCUT2D eigenvalue weighted by molar-refractivity contribution is 14.0. The zero-order valence-electron chi connectivity index (χ0n) is 20.1. The average molecular weight is 571 g/mol. The molecule has 0 aromatic heterocycles. The van der Waals surface area contributed by atoms with E-state index < -0.39 is 0 Å². The van der Waals surface area contributed by atoms with E-state index in [1.54, 1.807) is 28.4 Å². The molecule has 0 radical (unpaired) electrons. The lowest BCUT2D eigenvalue weighted by Gasteiger charge is -2.16. The summed E-state index contributed by atoms with van der Waals surface area (Å²) in [5.41, 5.74) is 3.13. The van der Waals surface area contributed by atoms with Crippen molar-refractivity contribution in [1.29, 1.82) is 0 Å². The summed E-state index contributed by atoms with van der Waals surface area (Å²) in [5, 5.41) is 6.66. The van der Waals surface area contributed by atoms with Crippen LogP contribution in [0, 0.1) is 0 Å². The normalized spacial score (nSPS) is 14.5. The van der Waals surface area contributed by atoms with Gasteiger partial charge in [0.1, 0.15) is 17.6 Å². The molecule has 3 rings (SSSR count). The van der Waals surface area contributed by atoms with Crippen molar-refractivity contribution in [3.8, 4) is 28.7 Å². The largest absolute Gasteiger partial charge is 0.496 e. The molecule has 0 fully saturated rings. The van der Waals surface area contributed by atoms with E-state index in [9.17, 15) is 0 Å². The van der Waals surface area contributed by atoms with Crippen molar-refractivity contribution in [2.24, 2.45) is 4.99 Å². The molecule has 0 bridgehead atoms. The van der Waals surface area contributed by atoms with Crippen molar-refractivity contribution in [1.82, 2.24) is 10.6 Å². The second-order valence-corrected chi connectivity index (χ2v) is 7.49. The highest BCUT2D eigenvalue weighted by Gasteiger charge is 2.21. The number of aliphatic imine (C=N–C) groups is 1. The van der Waals surface area contributed by atoms with Gasteiger partial charge in [0.15, 0.2) is 17.5 Å². The molecule has 0 spiro atoms. The molecule has 9 heteroatoms. The molecule has 1 unspecified atom stereocenters. The Hall–Kier alpha value is -2.56.